The first-order valence-corrected chi connectivity index (χ1v) is 6.19. The van der Waals surface area contributed by atoms with Gasteiger partial charge >= 0.3 is 0 Å². The maximum atomic E-state index is 3.37. The van der Waals surface area contributed by atoms with Crippen LogP contribution in [0.2, 0.25) is 0 Å². The predicted molar refractivity (Wildman–Crippen MR) is 70.5 cm³/mol. The third-order valence-corrected chi connectivity index (χ3v) is 3.02. The van der Waals surface area contributed by atoms with Gasteiger partial charge in [-0.1, -0.05) is 37.3 Å². The molecule has 0 heterocycles. The van der Waals surface area contributed by atoms with E-state index in [4.69, 9.17) is 0 Å². The van der Waals surface area contributed by atoms with Gasteiger partial charge in [-0.25, -0.2) is 0 Å². The molecule has 90 valence electrons. The standard InChI is InChI=1S/C14H24N2/c1-4-15-11-10-13(2)16(3)12-14-8-6-5-7-9-14/h5-9,13,15H,4,10-12H2,1-3H3. The highest BCUT2D eigenvalue weighted by molar-refractivity contribution is 5.14. The fourth-order valence-corrected chi connectivity index (χ4v) is 1.74. The molecule has 0 aromatic heterocycles. The molecule has 1 aromatic rings. The minimum atomic E-state index is 0.624. The highest BCUT2D eigenvalue weighted by atomic mass is 15.1. The van der Waals surface area contributed by atoms with Crippen molar-refractivity contribution in [2.24, 2.45) is 0 Å². The minimum Gasteiger partial charge on any atom is -0.317 e. The van der Waals surface area contributed by atoms with E-state index < -0.39 is 0 Å². The van der Waals surface area contributed by atoms with Gasteiger partial charge in [0.15, 0.2) is 0 Å². The largest absolute Gasteiger partial charge is 0.317 e. The Morgan fingerprint density at radius 1 is 1.25 bits per heavy atom. The number of nitrogens with zero attached hydrogens (tertiary/aromatic N) is 1. The Hall–Kier alpha value is -0.860. The second-order valence-corrected chi connectivity index (χ2v) is 4.39. The summed E-state index contributed by atoms with van der Waals surface area (Å²) in [5, 5.41) is 3.37. The molecule has 0 amide bonds. The van der Waals surface area contributed by atoms with Crippen molar-refractivity contribution in [3.05, 3.63) is 35.9 Å². The summed E-state index contributed by atoms with van der Waals surface area (Å²) in [5.41, 5.74) is 1.39. The quantitative estimate of drug-likeness (QED) is 0.710. The Morgan fingerprint density at radius 3 is 2.56 bits per heavy atom. The zero-order valence-electron chi connectivity index (χ0n) is 10.7. The lowest BCUT2D eigenvalue weighted by atomic mass is 10.1. The van der Waals surface area contributed by atoms with Gasteiger partial charge in [0.2, 0.25) is 0 Å². The van der Waals surface area contributed by atoms with Crippen LogP contribution in [-0.2, 0) is 6.54 Å². The number of rotatable bonds is 7. The molecule has 0 aliphatic rings. The van der Waals surface area contributed by atoms with Crippen LogP contribution >= 0.6 is 0 Å². The van der Waals surface area contributed by atoms with E-state index in [1.165, 1.54) is 12.0 Å². The van der Waals surface area contributed by atoms with Gasteiger partial charge in [-0.15, -0.1) is 0 Å². The highest BCUT2D eigenvalue weighted by Crippen LogP contribution is 2.07. The van der Waals surface area contributed by atoms with Crippen LogP contribution in [0, 0.1) is 0 Å². The molecular weight excluding hydrogens is 196 g/mol. The lowest BCUT2D eigenvalue weighted by Gasteiger charge is -2.24. The summed E-state index contributed by atoms with van der Waals surface area (Å²) < 4.78 is 0. The maximum Gasteiger partial charge on any atom is 0.0233 e. The molecule has 1 N–H and O–H groups in total. The van der Waals surface area contributed by atoms with E-state index in [2.05, 4.69) is 61.4 Å². The van der Waals surface area contributed by atoms with Crippen molar-refractivity contribution in [2.75, 3.05) is 20.1 Å². The molecule has 0 fully saturated rings. The minimum absolute atomic E-state index is 0.624. The lowest BCUT2D eigenvalue weighted by molar-refractivity contribution is 0.237. The van der Waals surface area contributed by atoms with Gasteiger partial charge in [0.25, 0.3) is 0 Å². The molecule has 0 saturated carbocycles. The van der Waals surface area contributed by atoms with Crippen LogP contribution in [0.25, 0.3) is 0 Å². The van der Waals surface area contributed by atoms with E-state index in [0.29, 0.717) is 6.04 Å². The topological polar surface area (TPSA) is 15.3 Å². The van der Waals surface area contributed by atoms with Crippen LogP contribution in [-0.4, -0.2) is 31.1 Å². The Balaban J connectivity index is 2.31. The molecule has 0 aliphatic carbocycles. The van der Waals surface area contributed by atoms with Crippen molar-refractivity contribution >= 4 is 0 Å². The summed E-state index contributed by atoms with van der Waals surface area (Å²) >= 11 is 0. The Labute approximate surface area is 99.7 Å². The van der Waals surface area contributed by atoms with Gasteiger partial charge in [0.05, 0.1) is 0 Å². The fraction of sp³-hybridized carbons (Fsp3) is 0.571. The van der Waals surface area contributed by atoms with Crippen molar-refractivity contribution in [3.63, 3.8) is 0 Å². The first kappa shape index (κ1) is 13.2. The summed E-state index contributed by atoms with van der Waals surface area (Å²) in [6, 6.07) is 11.3. The Morgan fingerprint density at radius 2 is 1.94 bits per heavy atom. The molecule has 0 radical (unpaired) electrons. The summed E-state index contributed by atoms with van der Waals surface area (Å²) in [4.78, 5) is 2.41. The Kier molecular flexibility index (Phi) is 6.12. The summed E-state index contributed by atoms with van der Waals surface area (Å²) in [6.45, 7) is 7.65. The molecule has 0 bridgehead atoms. The van der Waals surface area contributed by atoms with Crippen LogP contribution in [0.1, 0.15) is 25.8 Å². The fourth-order valence-electron chi connectivity index (χ4n) is 1.74. The monoisotopic (exact) mass is 220 g/mol. The molecule has 16 heavy (non-hydrogen) atoms. The highest BCUT2D eigenvalue weighted by Gasteiger charge is 2.08. The smallest absolute Gasteiger partial charge is 0.0233 e. The van der Waals surface area contributed by atoms with Crippen LogP contribution in [0.5, 0.6) is 0 Å². The molecule has 1 unspecified atom stereocenters. The van der Waals surface area contributed by atoms with E-state index in [-0.39, 0.29) is 0 Å². The average molecular weight is 220 g/mol. The van der Waals surface area contributed by atoms with Crippen molar-refractivity contribution in [1.29, 1.82) is 0 Å². The first-order chi connectivity index (χ1) is 7.74. The maximum absolute atomic E-state index is 3.37. The summed E-state index contributed by atoms with van der Waals surface area (Å²) in [6.07, 6.45) is 1.21. The molecule has 1 rings (SSSR count). The van der Waals surface area contributed by atoms with Gasteiger partial charge < -0.3 is 5.32 Å². The van der Waals surface area contributed by atoms with Crippen LogP contribution in [0.3, 0.4) is 0 Å². The number of nitrogens with one attached hydrogen (secondary N) is 1. The molecule has 0 saturated heterocycles. The molecule has 0 aliphatic heterocycles. The zero-order valence-corrected chi connectivity index (χ0v) is 10.7. The third kappa shape index (κ3) is 4.77. The van der Waals surface area contributed by atoms with E-state index in [9.17, 15) is 0 Å². The Bertz CT molecular complexity index is 271. The second kappa shape index (κ2) is 7.42. The molecule has 1 aromatic carbocycles. The predicted octanol–water partition coefficient (Wildman–Crippen LogP) is 2.51. The molecule has 2 nitrogen and oxygen atoms in total. The van der Waals surface area contributed by atoms with Gasteiger partial charge in [-0.2, -0.15) is 0 Å². The molecule has 0 spiro atoms. The van der Waals surface area contributed by atoms with E-state index in [1.54, 1.807) is 0 Å². The molecular formula is C14H24N2. The normalized spacial score (nSPS) is 13.0. The molecule has 1 atom stereocenters. The van der Waals surface area contributed by atoms with Crippen molar-refractivity contribution < 1.29 is 0 Å². The summed E-state index contributed by atoms with van der Waals surface area (Å²) in [7, 11) is 2.20. The van der Waals surface area contributed by atoms with Crippen molar-refractivity contribution in [2.45, 2.75) is 32.9 Å². The third-order valence-electron chi connectivity index (χ3n) is 3.02. The van der Waals surface area contributed by atoms with Gasteiger partial charge in [-0.3, -0.25) is 4.90 Å². The van der Waals surface area contributed by atoms with Crippen LogP contribution < -0.4 is 5.32 Å². The molecule has 2 heteroatoms. The average Bonchev–Trinajstić information content (AvgIpc) is 2.30. The second-order valence-electron chi connectivity index (χ2n) is 4.39. The zero-order chi connectivity index (χ0) is 11.8. The van der Waals surface area contributed by atoms with Crippen molar-refractivity contribution in [1.82, 2.24) is 10.2 Å². The lowest BCUT2D eigenvalue weighted by Crippen LogP contribution is -2.31. The number of hydrogen-bond acceptors (Lipinski definition) is 2. The first-order valence-electron chi connectivity index (χ1n) is 6.19. The van der Waals surface area contributed by atoms with E-state index in [1.807, 2.05) is 0 Å². The summed E-state index contributed by atoms with van der Waals surface area (Å²) in [5.74, 6) is 0. The SMILES string of the molecule is CCNCCC(C)N(C)Cc1ccccc1. The number of hydrogen-bond donors (Lipinski definition) is 1. The number of benzene rings is 1. The van der Waals surface area contributed by atoms with Crippen molar-refractivity contribution in [3.8, 4) is 0 Å². The van der Waals surface area contributed by atoms with Crippen LogP contribution in [0.4, 0.5) is 0 Å². The van der Waals surface area contributed by atoms with Gasteiger partial charge in [0.1, 0.15) is 0 Å². The van der Waals surface area contributed by atoms with E-state index in [0.717, 1.165) is 19.6 Å². The van der Waals surface area contributed by atoms with Crippen LogP contribution in [0.15, 0.2) is 30.3 Å². The van der Waals surface area contributed by atoms with Gasteiger partial charge in [0, 0.05) is 12.6 Å². The van der Waals surface area contributed by atoms with E-state index >= 15 is 0 Å². The van der Waals surface area contributed by atoms with Gasteiger partial charge in [-0.05, 0) is 39.0 Å².